The number of methoxy groups -OCH3 is 1. The molecule has 0 bridgehead atoms. The Labute approximate surface area is 126 Å². The molecule has 1 fully saturated rings. The number of nitrogens with zero attached hydrogens (tertiary/aromatic N) is 1. The van der Waals surface area contributed by atoms with E-state index in [1.807, 2.05) is 30.0 Å². The summed E-state index contributed by atoms with van der Waals surface area (Å²) in [6, 6.07) is 5.49. The van der Waals surface area contributed by atoms with Crippen molar-refractivity contribution in [2.75, 3.05) is 20.2 Å². The van der Waals surface area contributed by atoms with Crippen molar-refractivity contribution in [3.8, 4) is 11.5 Å². The number of hydrogen-bond acceptors (Lipinski definition) is 4. The van der Waals surface area contributed by atoms with E-state index >= 15 is 0 Å². The Kier molecular flexibility index (Phi) is 5.07. The Morgan fingerprint density at radius 2 is 1.90 bits per heavy atom. The molecule has 1 unspecified atom stereocenters. The molecule has 0 radical (unpaired) electrons. The highest BCUT2D eigenvalue weighted by molar-refractivity contribution is 5.81. The lowest BCUT2D eigenvalue weighted by Crippen LogP contribution is -2.38. The second-order valence-electron chi connectivity index (χ2n) is 5.49. The van der Waals surface area contributed by atoms with E-state index in [-0.39, 0.29) is 11.9 Å². The third-order valence-electron chi connectivity index (χ3n) is 3.78. The highest BCUT2D eigenvalue weighted by Crippen LogP contribution is 2.30. The Morgan fingerprint density at radius 3 is 2.48 bits per heavy atom. The van der Waals surface area contributed by atoms with Crippen LogP contribution in [0.4, 0.5) is 0 Å². The van der Waals surface area contributed by atoms with Crippen LogP contribution in [0, 0.1) is 0 Å². The second kappa shape index (κ2) is 6.80. The van der Waals surface area contributed by atoms with Crippen LogP contribution >= 0.6 is 0 Å². The number of carbonyl (C=O) groups is 1. The molecule has 1 aliphatic rings. The van der Waals surface area contributed by atoms with Gasteiger partial charge in [-0.15, -0.1) is 0 Å². The van der Waals surface area contributed by atoms with Crippen molar-refractivity contribution in [1.82, 2.24) is 4.90 Å². The molecule has 0 saturated carbocycles. The van der Waals surface area contributed by atoms with Gasteiger partial charge in [-0.25, -0.2) is 0 Å². The van der Waals surface area contributed by atoms with Crippen LogP contribution in [0.15, 0.2) is 18.2 Å². The molecule has 0 aromatic heterocycles. The largest absolute Gasteiger partial charge is 0.493 e. The second-order valence-corrected chi connectivity index (χ2v) is 5.49. The SMILES string of the molecule is COc1cc([C@@H](C)N)ccc1OC(C)C(=O)N1CCCC1. The molecule has 116 valence electrons. The summed E-state index contributed by atoms with van der Waals surface area (Å²) < 4.78 is 11.1. The minimum absolute atomic E-state index is 0.0332. The van der Waals surface area contributed by atoms with Crippen LogP contribution in [-0.2, 0) is 4.79 Å². The summed E-state index contributed by atoms with van der Waals surface area (Å²) in [5.74, 6) is 1.21. The number of rotatable bonds is 5. The predicted molar refractivity (Wildman–Crippen MR) is 81.5 cm³/mol. The van der Waals surface area contributed by atoms with Gasteiger partial charge in [0.1, 0.15) is 0 Å². The molecule has 0 spiro atoms. The summed E-state index contributed by atoms with van der Waals surface area (Å²) in [5, 5.41) is 0. The van der Waals surface area contributed by atoms with E-state index in [1.54, 1.807) is 14.0 Å². The smallest absolute Gasteiger partial charge is 0.263 e. The fraction of sp³-hybridized carbons (Fsp3) is 0.562. The maximum absolute atomic E-state index is 12.3. The first-order chi connectivity index (χ1) is 10.0. The lowest BCUT2D eigenvalue weighted by molar-refractivity contribution is -0.136. The zero-order chi connectivity index (χ0) is 15.4. The summed E-state index contributed by atoms with van der Waals surface area (Å²) in [6.07, 6.45) is 1.63. The van der Waals surface area contributed by atoms with Crippen LogP contribution in [0.25, 0.3) is 0 Å². The van der Waals surface area contributed by atoms with Gasteiger partial charge in [-0.1, -0.05) is 6.07 Å². The summed E-state index contributed by atoms with van der Waals surface area (Å²) in [7, 11) is 1.58. The Balaban J connectivity index is 2.09. The summed E-state index contributed by atoms with van der Waals surface area (Å²) >= 11 is 0. The fourth-order valence-electron chi connectivity index (χ4n) is 2.50. The van der Waals surface area contributed by atoms with Crippen LogP contribution in [0.2, 0.25) is 0 Å². The third kappa shape index (κ3) is 3.67. The van der Waals surface area contributed by atoms with E-state index in [9.17, 15) is 4.79 Å². The van der Waals surface area contributed by atoms with Crippen LogP contribution in [0.1, 0.15) is 38.3 Å². The fourth-order valence-corrected chi connectivity index (χ4v) is 2.50. The van der Waals surface area contributed by atoms with Crippen LogP contribution in [0.3, 0.4) is 0 Å². The molecule has 1 heterocycles. The molecular formula is C16H24N2O3. The molecule has 1 saturated heterocycles. The number of likely N-dealkylation sites (tertiary alicyclic amines) is 1. The third-order valence-corrected chi connectivity index (χ3v) is 3.78. The summed E-state index contributed by atoms with van der Waals surface area (Å²) in [4.78, 5) is 14.1. The van der Waals surface area contributed by atoms with Crippen molar-refractivity contribution >= 4 is 5.91 Å². The molecule has 5 nitrogen and oxygen atoms in total. The maximum atomic E-state index is 12.3. The summed E-state index contributed by atoms with van der Waals surface area (Å²) in [5.41, 5.74) is 6.83. The molecule has 2 rings (SSSR count). The van der Waals surface area contributed by atoms with Crippen molar-refractivity contribution in [1.29, 1.82) is 0 Å². The Bertz CT molecular complexity index is 496. The molecule has 1 aromatic rings. The van der Waals surface area contributed by atoms with Gasteiger partial charge < -0.3 is 20.1 Å². The van der Waals surface area contributed by atoms with Gasteiger partial charge in [0.15, 0.2) is 17.6 Å². The standard InChI is InChI=1S/C16H24N2O3/c1-11(17)13-6-7-14(15(10-13)20-3)21-12(2)16(19)18-8-4-5-9-18/h6-7,10-12H,4-5,8-9,17H2,1-3H3/t11-,12?/m1/s1. The quantitative estimate of drug-likeness (QED) is 0.902. The number of ether oxygens (including phenoxy) is 2. The van der Waals surface area contributed by atoms with Gasteiger partial charge in [-0.3, -0.25) is 4.79 Å². The molecule has 21 heavy (non-hydrogen) atoms. The van der Waals surface area contributed by atoms with Crippen molar-refractivity contribution < 1.29 is 14.3 Å². The molecule has 1 aliphatic heterocycles. The zero-order valence-electron chi connectivity index (χ0n) is 13.0. The van der Waals surface area contributed by atoms with Crippen LogP contribution in [-0.4, -0.2) is 37.1 Å². The predicted octanol–water partition coefficient (Wildman–Crippen LogP) is 2.10. The van der Waals surface area contributed by atoms with Crippen molar-refractivity contribution in [3.63, 3.8) is 0 Å². The first kappa shape index (κ1) is 15.6. The normalized spacial score (nSPS) is 17.4. The van der Waals surface area contributed by atoms with Crippen molar-refractivity contribution in [3.05, 3.63) is 23.8 Å². The van der Waals surface area contributed by atoms with Gasteiger partial charge in [0.25, 0.3) is 5.91 Å². The molecule has 2 N–H and O–H groups in total. The minimum Gasteiger partial charge on any atom is -0.493 e. The molecular weight excluding hydrogens is 268 g/mol. The Hall–Kier alpha value is -1.75. The molecule has 0 aliphatic carbocycles. The molecule has 1 amide bonds. The van der Waals surface area contributed by atoms with Gasteiger partial charge in [-0.2, -0.15) is 0 Å². The first-order valence-corrected chi connectivity index (χ1v) is 7.42. The molecule has 2 atom stereocenters. The van der Waals surface area contributed by atoms with Gasteiger partial charge in [0.2, 0.25) is 0 Å². The maximum Gasteiger partial charge on any atom is 0.263 e. The van der Waals surface area contributed by atoms with E-state index in [2.05, 4.69) is 0 Å². The van der Waals surface area contributed by atoms with Crippen LogP contribution in [0.5, 0.6) is 11.5 Å². The van der Waals surface area contributed by atoms with E-state index in [4.69, 9.17) is 15.2 Å². The number of nitrogens with two attached hydrogens (primary N) is 1. The number of carbonyl (C=O) groups excluding carboxylic acids is 1. The highest BCUT2D eigenvalue weighted by atomic mass is 16.5. The van der Waals surface area contributed by atoms with E-state index in [0.29, 0.717) is 11.5 Å². The lowest BCUT2D eigenvalue weighted by Gasteiger charge is -2.22. The topological polar surface area (TPSA) is 64.8 Å². The summed E-state index contributed by atoms with van der Waals surface area (Å²) in [6.45, 7) is 5.34. The number of amides is 1. The van der Waals surface area contributed by atoms with Gasteiger partial charge >= 0.3 is 0 Å². The molecule has 5 heteroatoms. The zero-order valence-corrected chi connectivity index (χ0v) is 13.0. The van der Waals surface area contributed by atoms with Crippen molar-refractivity contribution in [2.45, 2.75) is 38.8 Å². The average Bonchev–Trinajstić information content (AvgIpc) is 3.00. The van der Waals surface area contributed by atoms with Gasteiger partial charge in [0.05, 0.1) is 7.11 Å². The molecule has 1 aromatic carbocycles. The lowest BCUT2D eigenvalue weighted by atomic mass is 10.1. The highest BCUT2D eigenvalue weighted by Gasteiger charge is 2.25. The van der Waals surface area contributed by atoms with E-state index in [1.165, 1.54) is 0 Å². The van der Waals surface area contributed by atoms with Crippen LogP contribution < -0.4 is 15.2 Å². The number of hydrogen-bond donors (Lipinski definition) is 1. The monoisotopic (exact) mass is 292 g/mol. The minimum atomic E-state index is -0.516. The first-order valence-electron chi connectivity index (χ1n) is 7.42. The van der Waals surface area contributed by atoms with Gasteiger partial charge in [0, 0.05) is 19.1 Å². The number of benzene rings is 1. The van der Waals surface area contributed by atoms with Gasteiger partial charge in [-0.05, 0) is 44.4 Å². The average molecular weight is 292 g/mol. The Morgan fingerprint density at radius 1 is 1.24 bits per heavy atom. The van der Waals surface area contributed by atoms with E-state index in [0.717, 1.165) is 31.5 Å². The van der Waals surface area contributed by atoms with E-state index < -0.39 is 6.10 Å². The van der Waals surface area contributed by atoms with Crippen molar-refractivity contribution in [2.24, 2.45) is 5.73 Å².